The third-order valence-electron chi connectivity index (χ3n) is 5.80. The van der Waals surface area contributed by atoms with Gasteiger partial charge in [0.15, 0.2) is 0 Å². The molecule has 1 atom stereocenters. The zero-order valence-corrected chi connectivity index (χ0v) is 19.2. The molecule has 0 saturated heterocycles. The third-order valence-corrected chi connectivity index (χ3v) is 13.4. The molecule has 0 aromatic heterocycles. The highest BCUT2D eigenvalue weighted by Gasteiger charge is 2.40. The Morgan fingerprint density at radius 3 is 1.69 bits per heavy atom. The quantitative estimate of drug-likeness (QED) is 0.427. The summed E-state index contributed by atoms with van der Waals surface area (Å²) in [5.74, 6) is -0.148. The summed E-state index contributed by atoms with van der Waals surface area (Å²) in [7, 11) is -2.45. The molecule has 0 aliphatic carbocycles. The molecule has 0 heterocycles. The fourth-order valence-corrected chi connectivity index (χ4v) is 12.8. The molecular weight excluding hydrogens is 387 g/mol. The molecule has 0 aliphatic rings. The van der Waals surface area contributed by atoms with E-state index in [2.05, 4.69) is 104 Å². The largest absolute Gasteiger partial charge is 0.207 e. The minimum Gasteiger partial charge on any atom is -0.207 e. The van der Waals surface area contributed by atoms with Crippen LogP contribution in [-0.4, -0.2) is 18.3 Å². The molecule has 144 valence electrons. The topological polar surface area (TPSA) is 0 Å². The Labute approximate surface area is 176 Å². The lowest BCUT2D eigenvalue weighted by Crippen LogP contribution is -2.61. The van der Waals surface area contributed by atoms with Crippen LogP contribution in [0.4, 0.5) is 4.39 Å². The molecule has 0 N–H and O–H groups in total. The molecule has 0 nitrogen and oxygen atoms in total. The van der Waals surface area contributed by atoms with Crippen LogP contribution in [-0.2, 0) is 4.66 Å². The number of halogens is 1. The summed E-state index contributed by atoms with van der Waals surface area (Å²) in [5.41, 5.74) is 1.14. The Bertz CT molecular complexity index is 1010. The number of benzene rings is 4. The van der Waals surface area contributed by atoms with Crippen LogP contribution in [0.15, 0.2) is 115 Å². The summed E-state index contributed by atoms with van der Waals surface area (Å²) >= 11 is 0. The highest BCUT2D eigenvalue weighted by molar-refractivity contribution is 6.95. The van der Waals surface area contributed by atoms with Gasteiger partial charge >= 0.3 is 0 Å². The van der Waals surface area contributed by atoms with Crippen LogP contribution < -0.4 is 15.6 Å². The Morgan fingerprint density at radius 1 is 0.655 bits per heavy atom. The Morgan fingerprint density at radius 2 is 1.17 bits per heavy atom. The summed E-state index contributed by atoms with van der Waals surface area (Å²) in [4.78, 5) is 0. The zero-order chi connectivity index (χ0) is 20.1. The van der Waals surface area contributed by atoms with Gasteiger partial charge in [-0.1, -0.05) is 126 Å². The predicted molar refractivity (Wildman–Crippen MR) is 128 cm³/mol. The normalized spacial score (nSPS) is 13.6. The first kappa shape index (κ1) is 19.6. The van der Waals surface area contributed by atoms with Gasteiger partial charge in [-0.15, -0.1) is 0 Å². The lowest BCUT2D eigenvalue weighted by Gasteiger charge is -2.38. The van der Waals surface area contributed by atoms with Crippen molar-refractivity contribution in [3.05, 3.63) is 127 Å². The SMILES string of the molecule is CC([SiH2]c1ccccc1)(c1cccc(F)c1)[SiH](c1ccccc1)c1ccccc1. The van der Waals surface area contributed by atoms with Crippen LogP contribution in [0.1, 0.15) is 12.5 Å². The van der Waals surface area contributed by atoms with Crippen molar-refractivity contribution in [1.82, 2.24) is 0 Å². The molecule has 4 aromatic rings. The van der Waals surface area contributed by atoms with E-state index in [0.29, 0.717) is 0 Å². The monoisotopic (exact) mass is 412 g/mol. The fraction of sp³-hybridized carbons (Fsp3) is 0.0769. The highest BCUT2D eigenvalue weighted by atomic mass is 28.3. The molecule has 4 rings (SSSR count). The minimum atomic E-state index is -1.70. The van der Waals surface area contributed by atoms with Crippen LogP contribution >= 0.6 is 0 Å². The second-order valence-electron chi connectivity index (χ2n) is 7.84. The second kappa shape index (κ2) is 8.72. The maximum atomic E-state index is 14.3. The van der Waals surface area contributed by atoms with Crippen molar-refractivity contribution < 1.29 is 4.39 Å². The third kappa shape index (κ3) is 4.31. The molecular formula is C26H25FSi2. The van der Waals surface area contributed by atoms with Gasteiger partial charge in [-0.3, -0.25) is 0 Å². The number of rotatable bonds is 6. The molecule has 0 aliphatic heterocycles. The van der Waals surface area contributed by atoms with Crippen molar-refractivity contribution in [2.45, 2.75) is 11.6 Å². The zero-order valence-electron chi connectivity index (χ0n) is 16.6. The average Bonchev–Trinajstić information content (AvgIpc) is 2.76. The number of hydrogen-bond acceptors (Lipinski definition) is 0. The van der Waals surface area contributed by atoms with Crippen LogP contribution in [0.5, 0.6) is 0 Å². The van der Waals surface area contributed by atoms with Crippen molar-refractivity contribution in [2.75, 3.05) is 0 Å². The van der Waals surface area contributed by atoms with Crippen molar-refractivity contribution >= 4 is 33.9 Å². The maximum absolute atomic E-state index is 14.3. The van der Waals surface area contributed by atoms with Gasteiger partial charge in [0.25, 0.3) is 0 Å². The first-order chi connectivity index (χ1) is 14.2. The first-order valence-corrected chi connectivity index (χ1v) is 13.2. The standard InChI is InChI=1S/C26H25FSi2/c1-26(21-12-11-13-22(27)20-21,28-23-14-5-2-6-15-23)29(24-16-7-3-8-17-24)25-18-9-4-10-19-25/h2-20,29H,28H2,1H3. The smallest absolute Gasteiger partial charge is 0.123 e. The summed E-state index contributed by atoms with van der Waals surface area (Å²) < 4.78 is 14.3. The lowest BCUT2D eigenvalue weighted by atomic mass is 10.1. The van der Waals surface area contributed by atoms with Crippen LogP contribution in [0.3, 0.4) is 0 Å². The molecule has 4 aromatic carbocycles. The maximum Gasteiger partial charge on any atom is 0.123 e. The molecule has 0 radical (unpaired) electrons. The Kier molecular flexibility index (Phi) is 5.88. The molecule has 1 unspecified atom stereocenters. The van der Waals surface area contributed by atoms with E-state index in [1.165, 1.54) is 15.6 Å². The van der Waals surface area contributed by atoms with Gasteiger partial charge in [-0.05, 0) is 22.4 Å². The van der Waals surface area contributed by atoms with Gasteiger partial charge in [0.05, 0.1) is 9.52 Å². The molecule has 3 heteroatoms. The van der Waals surface area contributed by atoms with E-state index < -0.39 is 18.3 Å². The predicted octanol–water partition coefficient (Wildman–Crippen LogP) is 3.12. The second-order valence-corrected chi connectivity index (χ2v) is 14.8. The van der Waals surface area contributed by atoms with Crippen molar-refractivity contribution in [3.63, 3.8) is 0 Å². The molecule has 0 spiro atoms. The first-order valence-electron chi connectivity index (χ1n) is 10.1. The fourth-order valence-electron chi connectivity index (χ4n) is 4.45. The van der Waals surface area contributed by atoms with Crippen molar-refractivity contribution in [2.24, 2.45) is 0 Å². The van der Waals surface area contributed by atoms with E-state index in [1.54, 1.807) is 12.1 Å². The average molecular weight is 413 g/mol. The van der Waals surface area contributed by atoms with Crippen LogP contribution in [0, 0.1) is 5.82 Å². The summed E-state index contributed by atoms with van der Waals surface area (Å²) in [5, 5.41) is 4.24. The lowest BCUT2D eigenvalue weighted by molar-refractivity contribution is 0.624. The Balaban J connectivity index is 1.93. The molecule has 0 bridgehead atoms. The van der Waals surface area contributed by atoms with E-state index in [1.807, 2.05) is 6.07 Å². The van der Waals surface area contributed by atoms with Gasteiger partial charge in [0, 0.05) is 0 Å². The van der Waals surface area contributed by atoms with Crippen LogP contribution in [0.25, 0.3) is 0 Å². The van der Waals surface area contributed by atoms with Gasteiger partial charge in [-0.2, -0.15) is 0 Å². The molecule has 0 amide bonds. The van der Waals surface area contributed by atoms with E-state index in [4.69, 9.17) is 0 Å². The van der Waals surface area contributed by atoms with E-state index in [-0.39, 0.29) is 10.5 Å². The summed E-state index contributed by atoms with van der Waals surface area (Å²) in [6.45, 7) is 2.39. The van der Waals surface area contributed by atoms with Gasteiger partial charge < -0.3 is 0 Å². The summed E-state index contributed by atoms with van der Waals surface area (Å²) in [6, 6.07) is 39.9. The molecule has 0 fully saturated rings. The molecule has 0 saturated carbocycles. The van der Waals surface area contributed by atoms with Crippen molar-refractivity contribution in [3.8, 4) is 0 Å². The van der Waals surface area contributed by atoms with E-state index in [9.17, 15) is 4.39 Å². The van der Waals surface area contributed by atoms with Gasteiger partial charge in [0.2, 0.25) is 0 Å². The highest BCUT2D eigenvalue weighted by Crippen LogP contribution is 2.27. The molecule has 29 heavy (non-hydrogen) atoms. The van der Waals surface area contributed by atoms with Gasteiger partial charge in [-0.25, -0.2) is 4.39 Å². The minimum absolute atomic E-state index is 0.0494. The summed E-state index contributed by atoms with van der Waals surface area (Å²) in [6.07, 6.45) is 0. The van der Waals surface area contributed by atoms with Crippen LogP contribution in [0.2, 0.25) is 0 Å². The number of hydrogen-bond donors (Lipinski definition) is 0. The van der Waals surface area contributed by atoms with E-state index in [0.717, 1.165) is 5.56 Å². The van der Waals surface area contributed by atoms with E-state index >= 15 is 0 Å². The van der Waals surface area contributed by atoms with Gasteiger partial charge in [0.1, 0.15) is 14.6 Å². The Hall–Kier alpha value is -2.76. The van der Waals surface area contributed by atoms with Crippen molar-refractivity contribution in [1.29, 1.82) is 0 Å².